The average molecular weight is 154 g/mol. The fraction of sp³-hybridized carbons (Fsp3) is 0.625. The first-order chi connectivity index (χ1) is 5.34. The Labute approximate surface area is 66.9 Å². The van der Waals surface area contributed by atoms with Crippen LogP contribution in [-0.2, 0) is 4.79 Å². The Morgan fingerprint density at radius 3 is 3.18 bits per heavy atom. The van der Waals surface area contributed by atoms with Crippen molar-refractivity contribution in [2.24, 2.45) is 0 Å². The van der Waals surface area contributed by atoms with E-state index in [1.807, 2.05) is 13.0 Å². The zero-order valence-corrected chi connectivity index (χ0v) is 6.81. The van der Waals surface area contributed by atoms with Crippen LogP contribution in [0.5, 0.6) is 0 Å². The summed E-state index contributed by atoms with van der Waals surface area (Å²) in [4.78, 5) is 11.2. The third-order valence-electron chi connectivity index (χ3n) is 1.66. The maximum Gasteiger partial charge on any atom is 0.248 e. The number of hydrogen-bond acceptors (Lipinski definition) is 2. The molecule has 0 radical (unpaired) electrons. The molecule has 1 amide bonds. The van der Waals surface area contributed by atoms with Gasteiger partial charge in [0, 0.05) is 18.7 Å². The molecular weight excluding hydrogens is 140 g/mol. The van der Waals surface area contributed by atoms with Crippen LogP contribution in [0.1, 0.15) is 13.3 Å². The monoisotopic (exact) mass is 154 g/mol. The molecule has 0 aromatic heterocycles. The van der Waals surface area contributed by atoms with E-state index >= 15 is 0 Å². The summed E-state index contributed by atoms with van der Waals surface area (Å²) >= 11 is 0. The third-order valence-corrected chi connectivity index (χ3v) is 1.66. The van der Waals surface area contributed by atoms with E-state index in [1.165, 1.54) is 0 Å². The van der Waals surface area contributed by atoms with E-state index in [9.17, 15) is 4.79 Å². The zero-order valence-electron chi connectivity index (χ0n) is 6.81. The van der Waals surface area contributed by atoms with Gasteiger partial charge in [0.1, 0.15) is 0 Å². The van der Waals surface area contributed by atoms with Gasteiger partial charge in [-0.1, -0.05) is 6.08 Å². The van der Waals surface area contributed by atoms with E-state index in [2.05, 4.69) is 10.6 Å². The normalized spacial score (nSPS) is 17.4. The van der Waals surface area contributed by atoms with Crippen LogP contribution in [0.25, 0.3) is 0 Å². The van der Waals surface area contributed by atoms with Gasteiger partial charge in [-0.3, -0.25) is 4.79 Å². The number of carbonyl (C=O) groups excluding carboxylic acids is 1. The number of rotatable bonds is 2. The van der Waals surface area contributed by atoms with Crippen molar-refractivity contribution in [3.63, 3.8) is 0 Å². The van der Waals surface area contributed by atoms with E-state index in [0.29, 0.717) is 13.1 Å². The molecule has 11 heavy (non-hydrogen) atoms. The Bertz CT molecular complexity index is 175. The molecule has 3 nitrogen and oxygen atoms in total. The van der Waals surface area contributed by atoms with Crippen LogP contribution in [0, 0.1) is 0 Å². The van der Waals surface area contributed by atoms with E-state index in [-0.39, 0.29) is 5.91 Å². The molecule has 0 bridgehead atoms. The molecule has 0 aromatic carbocycles. The SMILES string of the molecule is CCNC(=O)C1=CCCNC1. The van der Waals surface area contributed by atoms with Crippen LogP contribution in [0.4, 0.5) is 0 Å². The highest BCUT2D eigenvalue weighted by Crippen LogP contribution is 1.99. The number of likely N-dealkylation sites (N-methyl/N-ethyl adjacent to an activating group) is 1. The van der Waals surface area contributed by atoms with Gasteiger partial charge in [0.15, 0.2) is 0 Å². The van der Waals surface area contributed by atoms with Crippen molar-refractivity contribution in [3.05, 3.63) is 11.6 Å². The van der Waals surface area contributed by atoms with Gasteiger partial charge in [-0.05, 0) is 19.9 Å². The summed E-state index contributed by atoms with van der Waals surface area (Å²) in [5.41, 5.74) is 0.873. The van der Waals surface area contributed by atoms with Crippen LogP contribution < -0.4 is 10.6 Å². The predicted molar refractivity (Wildman–Crippen MR) is 44.3 cm³/mol. The van der Waals surface area contributed by atoms with Crippen LogP contribution in [0.2, 0.25) is 0 Å². The number of nitrogens with one attached hydrogen (secondary N) is 2. The first-order valence-electron chi connectivity index (χ1n) is 4.02. The standard InChI is InChI=1S/C8H14N2O/c1-2-10-8(11)7-4-3-5-9-6-7/h4,9H,2-3,5-6H2,1H3,(H,10,11). The molecule has 1 rings (SSSR count). The Hall–Kier alpha value is -0.830. The van der Waals surface area contributed by atoms with Crippen molar-refractivity contribution in [1.29, 1.82) is 0 Å². The van der Waals surface area contributed by atoms with Crippen LogP contribution in [0.15, 0.2) is 11.6 Å². The molecule has 62 valence electrons. The highest BCUT2D eigenvalue weighted by atomic mass is 16.1. The van der Waals surface area contributed by atoms with Gasteiger partial charge in [0.2, 0.25) is 5.91 Å². The van der Waals surface area contributed by atoms with Gasteiger partial charge in [0.25, 0.3) is 0 Å². The van der Waals surface area contributed by atoms with Gasteiger partial charge < -0.3 is 10.6 Å². The molecule has 0 aromatic rings. The molecule has 1 heterocycles. The van der Waals surface area contributed by atoms with Gasteiger partial charge in [-0.15, -0.1) is 0 Å². The zero-order chi connectivity index (χ0) is 8.10. The lowest BCUT2D eigenvalue weighted by Gasteiger charge is -2.12. The number of hydrogen-bond donors (Lipinski definition) is 2. The largest absolute Gasteiger partial charge is 0.353 e. The van der Waals surface area contributed by atoms with E-state index in [4.69, 9.17) is 0 Å². The molecule has 0 aliphatic carbocycles. The minimum Gasteiger partial charge on any atom is -0.353 e. The number of amides is 1. The summed E-state index contributed by atoms with van der Waals surface area (Å²) < 4.78 is 0. The minimum absolute atomic E-state index is 0.0692. The van der Waals surface area contributed by atoms with Crippen LogP contribution in [-0.4, -0.2) is 25.5 Å². The van der Waals surface area contributed by atoms with Crippen molar-refractivity contribution in [2.45, 2.75) is 13.3 Å². The van der Waals surface area contributed by atoms with Crippen molar-refractivity contribution < 1.29 is 4.79 Å². The van der Waals surface area contributed by atoms with Crippen molar-refractivity contribution in [2.75, 3.05) is 19.6 Å². The van der Waals surface area contributed by atoms with E-state index in [1.54, 1.807) is 0 Å². The molecule has 0 saturated carbocycles. The quantitative estimate of drug-likeness (QED) is 0.589. The second-order valence-electron chi connectivity index (χ2n) is 2.55. The Morgan fingerprint density at radius 1 is 1.82 bits per heavy atom. The first kappa shape index (κ1) is 8.27. The average Bonchev–Trinajstić information content (AvgIpc) is 2.07. The second kappa shape index (κ2) is 4.13. The van der Waals surface area contributed by atoms with Gasteiger partial charge in [-0.2, -0.15) is 0 Å². The summed E-state index contributed by atoms with van der Waals surface area (Å²) in [6, 6.07) is 0. The van der Waals surface area contributed by atoms with Crippen LogP contribution in [0.3, 0.4) is 0 Å². The summed E-state index contributed by atoms with van der Waals surface area (Å²) in [6.07, 6.45) is 2.97. The molecule has 0 fully saturated rings. The highest BCUT2D eigenvalue weighted by molar-refractivity contribution is 5.93. The van der Waals surface area contributed by atoms with Gasteiger partial charge >= 0.3 is 0 Å². The molecule has 1 aliphatic heterocycles. The Morgan fingerprint density at radius 2 is 2.64 bits per heavy atom. The smallest absolute Gasteiger partial charge is 0.248 e. The molecule has 3 heteroatoms. The van der Waals surface area contributed by atoms with Gasteiger partial charge in [-0.25, -0.2) is 0 Å². The molecular formula is C8H14N2O. The molecule has 0 atom stereocenters. The maximum absolute atomic E-state index is 11.2. The molecule has 2 N–H and O–H groups in total. The molecule has 0 spiro atoms. The Kier molecular flexibility index (Phi) is 3.11. The molecule has 1 aliphatic rings. The number of carbonyl (C=O) groups is 1. The Balaban J connectivity index is 2.44. The first-order valence-corrected chi connectivity index (χ1v) is 4.02. The van der Waals surface area contributed by atoms with Crippen molar-refractivity contribution in [1.82, 2.24) is 10.6 Å². The maximum atomic E-state index is 11.2. The molecule has 0 saturated heterocycles. The summed E-state index contributed by atoms with van der Waals surface area (Å²) in [7, 11) is 0. The van der Waals surface area contributed by atoms with E-state index in [0.717, 1.165) is 18.5 Å². The topological polar surface area (TPSA) is 41.1 Å². The lowest BCUT2D eigenvalue weighted by atomic mass is 10.1. The lowest BCUT2D eigenvalue weighted by molar-refractivity contribution is -0.117. The predicted octanol–water partition coefficient (Wildman–Crippen LogP) is 0.0422. The van der Waals surface area contributed by atoms with Crippen LogP contribution >= 0.6 is 0 Å². The van der Waals surface area contributed by atoms with E-state index < -0.39 is 0 Å². The summed E-state index contributed by atoms with van der Waals surface area (Å²) in [6.45, 7) is 4.33. The van der Waals surface area contributed by atoms with Crippen molar-refractivity contribution in [3.8, 4) is 0 Å². The van der Waals surface area contributed by atoms with Crippen molar-refractivity contribution >= 4 is 5.91 Å². The second-order valence-corrected chi connectivity index (χ2v) is 2.55. The highest BCUT2D eigenvalue weighted by Gasteiger charge is 2.09. The fourth-order valence-electron chi connectivity index (χ4n) is 1.09. The fourth-order valence-corrected chi connectivity index (χ4v) is 1.09. The lowest BCUT2D eigenvalue weighted by Crippen LogP contribution is -2.32. The minimum atomic E-state index is 0.0692. The van der Waals surface area contributed by atoms with Gasteiger partial charge in [0.05, 0.1) is 0 Å². The summed E-state index contributed by atoms with van der Waals surface area (Å²) in [5, 5.41) is 5.91. The molecule has 0 unspecified atom stereocenters. The summed E-state index contributed by atoms with van der Waals surface area (Å²) in [5.74, 6) is 0.0692. The third kappa shape index (κ3) is 2.35.